The van der Waals surface area contributed by atoms with Crippen molar-refractivity contribution in [2.45, 2.75) is 0 Å². The van der Waals surface area contributed by atoms with E-state index in [1.165, 1.54) is 21.5 Å². The van der Waals surface area contributed by atoms with Crippen LogP contribution in [0.15, 0.2) is 195 Å². The van der Waals surface area contributed by atoms with Crippen LogP contribution in [0.2, 0.25) is 0 Å². The lowest BCUT2D eigenvalue weighted by molar-refractivity contribution is 1.29. The number of fused-ring (bicyclic) bond motifs is 4. The zero-order valence-corrected chi connectivity index (χ0v) is 31.2. The molecular weight excluding hydrogens is 709 g/mol. The molecule has 0 aliphatic carbocycles. The van der Waals surface area contributed by atoms with Crippen LogP contribution >= 0.6 is 0 Å². The zero-order chi connectivity index (χ0) is 38.2. The van der Waals surface area contributed by atoms with Crippen LogP contribution in [0.3, 0.4) is 0 Å². The van der Waals surface area contributed by atoms with Gasteiger partial charge >= 0.3 is 0 Å². The molecule has 0 N–H and O–H groups in total. The van der Waals surface area contributed by atoms with Gasteiger partial charge in [0, 0.05) is 79.9 Å². The first-order valence-electron chi connectivity index (χ1n) is 19.4. The van der Waals surface area contributed by atoms with Crippen LogP contribution in [0.25, 0.3) is 75.9 Å². The molecule has 4 aromatic heterocycles. The minimum absolute atomic E-state index is 0.944. The highest BCUT2D eigenvalue weighted by atomic mass is 15.2. The Balaban J connectivity index is 1.12. The Morgan fingerprint density at radius 3 is 0.897 bits per heavy atom. The molecule has 0 spiro atoms. The van der Waals surface area contributed by atoms with E-state index in [0.717, 1.165) is 88.5 Å². The van der Waals surface area contributed by atoms with Crippen LogP contribution in [0, 0.1) is 0 Å². The van der Waals surface area contributed by atoms with Gasteiger partial charge in [0.15, 0.2) is 0 Å². The smallest absolute Gasteiger partial charge is 0.0722 e. The van der Waals surface area contributed by atoms with Gasteiger partial charge < -0.3 is 9.80 Å². The van der Waals surface area contributed by atoms with Crippen molar-refractivity contribution < 1.29 is 0 Å². The van der Waals surface area contributed by atoms with E-state index in [4.69, 9.17) is 19.9 Å². The molecule has 0 atom stereocenters. The Labute approximate surface area is 333 Å². The molecule has 0 bridgehead atoms. The second-order valence-electron chi connectivity index (χ2n) is 14.8. The summed E-state index contributed by atoms with van der Waals surface area (Å²) in [6, 6.07) is 60.6. The average Bonchev–Trinajstić information content (AvgIpc) is 3.29. The highest BCUT2D eigenvalue weighted by Gasteiger charge is 2.23. The van der Waals surface area contributed by atoms with Crippen molar-refractivity contribution in [2.75, 3.05) is 9.80 Å². The van der Waals surface area contributed by atoms with Gasteiger partial charge in [-0.3, -0.25) is 19.9 Å². The van der Waals surface area contributed by atoms with Crippen molar-refractivity contribution >= 4 is 110 Å². The molecule has 0 radical (unpaired) electrons. The van der Waals surface area contributed by atoms with Crippen molar-refractivity contribution in [3.05, 3.63) is 195 Å². The van der Waals surface area contributed by atoms with E-state index in [0.29, 0.717) is 0 Å². The molecule has 0 aliphatic heterocycles. The van der Waals surface area contributed by atoms with Crippen LogP contribution < -0.4 is 9.80 Å². The summed E-state index contributed by atoms with van der Waals surface area (Å²) < 4.78 is 0. The lowest BCUT2D eigenvalue weighted by Gasteiger charge is -2.29. The van der Waals surface area contributed by atoms with Crippen LogP contribution in [0.5, 0.6) is 0 Å². The fourth-order valence-corrected chi connectivity index (χ4v) is 8.79. The topological polar surface area (TPSA) is 58.0 Å². The SMILES string of the molecule is c1cnc2cc(N(c3ccc4cccnc4c3)c3ccc4ccc5c(N(c6ccc7cccnc7c6)c6ccc7cccnc7c6)ccc6ccc3c4c65)ccc2c1. The van der Waals surface area contributed by atoms with Gasteiger partial charge in [0.25, 0.3) is 0 Å². The van der Waals surface area contributed by atoms with Gasteiger partial charge in [0.1, 0.15) is 0 Å². The van der Waals surface area contributed by atoms with Crippen molar-refractivity contribution in [3.63, 3.8) is 0 Å². The number of hydrogen-bond acceptors (Lipinski definition) is 6. The molecule has 6 heteroatoms. The monoisotopic (exact) mass is 740 g/mol. The first kappa shape index (κ1) is 32.3. The number of nitrogens with zero attached hydrogens (tertiary/aromatic N) is 6. The molecule has 0 saturated carbocycles. The molecule has 0 aliphatic rings. The molecule has 58 heavy (non-hydrogen) atoms. The molecule has 6 nitrogen and oxygen atoms in total. The first-order chi connectivity index (χ1) is 28.7. The maximum atomic E-state index is 4.75. The van der Waals surface area contributed by atoms with Crippen LogP contribution in [-0.2, 0) is 0 Å². The summed E-state index contributed by atoms with van der Waals surface area (Å²) in [5, 5.41) is 11.5. The molecule has 8 aromatic carbocycles. The number of rotatable bonds is 6. The first-order valence-corrected chi connectivity index (χ1v) is 19.4. The standard InChI is InChI=1S/C52H32N6/c1-5-33-9-17-39(29-45(33)53-25-1)57(40-18-10-34-6-2-26-54-46(34)30-40)49-23-15-37-14-22-44-50(24-16-38-13-21-43(49)51(37)52(38)44)58(41-19-11-35-7-3-27-55-47(35)31-41)42-20-12-36-8-4-28-56-48(36)32-42/h1-32H. The predicted octanol–water partition coefficient (Wildman–Crippen LogP) is 13.7. The average molecular weight is 741 g/mol. The summed E-state index contributed by atoms with van der Waals surface area (Å²) in [5.74, 6) is 0. The maximum Gasteiger partial charge on any atom is 0.0722 e. The van der Waals surface area contributed by atoms with E-state index < -0.39 is 0 Å². The Morgan fingerprint density at radius 1 is 0.276 bits per heavy atom. The van der Waals surface area contributed by atoms with Gasteiger partial charge in [-0.05, 0) is 106 Å². The molecule has 12 rings (SSSR count). The summed E-state index contributed by atoms with van der Waals surface area (Å²) in [4.78, 5) is 23.7. The molecule has 0 saturated heterocycles. The largest absolute Gasteiger partial charge is 0.310 e. The lowest BCUT2D eigenvalue weighted by Crippen LogP contribution is -2.12. The number of benzene rings is 8. The van der Waals surface area contributed by atoms with Crippen molar-refractivity contribution in [2.24, 2.45) is 0 Å². The minimum Gasteiger partial charge on any atom is -0.310 e. The summed E-state index contributed by atoms with van der Waals surface area (Å²) in [5.41, 5.74) is 10.0. The zero-order valence-electron chi connectivity index (χ0n) is 31.2. The Morgan fingerprint density at radius 2 is 0.569 bits per heavy atom. The third-order valence-corrected chi connectivity index (χ3v) is 11.5. The molecule has 0 amide bonds. The second-order valence-corrected chi connectivity index (χ2v) is 14.8. The van der Waals surface area contributed by atoms with E-state index in [1.807, 2.05) is 49.1 Å². The second kappa shape index (κ2) is 12.8. The maximum absolute atomic E-state index is 4.75. The Kier molecular flexibility index (Phi) is 7.13. The van der Waals surface area contributed by atoms with E-state index in [9.17, 15) is 0 Å². The highest BCUT2D eigenvalue weighted by Crippen LogP contribution is 2.48. The molecule has 4 heterocycles. The van der Waals surface area contributed by atoms with Gasteiger partial charge in [-0.1, -0.05) is 84.9 Å². The summed E-state index contributed by atoms with van der Waals surface area (Å²) in [6.45, 7) is 0. The number of anilines is 6. The highest BCUT2D eigenvalue weighted by molar-refractivity contribution is 6.28. The molecular formula is C52H32N6. The van der Waals surface area contributed by atoms with Gasteiger partial charge in [-0.25, -0.2) is 0 Å². The normalized spacial score (nSPS) is 11.8. The molecule has 270 valence electrons. The third kappa shape index (κ3) is 5.12. The van der Waals surface area contributed by atoms with E-state index in [1.54, 1.807) is 0 Å². The van der Waals surface area contributed by atoms with Crippen LogP contribution in [0.4, 0.5) is 34.1 Å². The summed E-state index contributed by atoms with van der Waals surface area (Å²) in [6.07, 6.45) is 7.43. The molecule has 0 fully saturated rings. The van der Waals surface area contributed by atoms with E-state index in [2.05, 4.69) is 155 Å². The minimum atomic E-state index is 0.944. The fourth-order valence-electron chi connectivity index (χ4n) is 8.79. The van der Waals surface area contributed by atoms with E-state index in [-0.39, 0.29) is 0 Å². The third-order valence-electron chi connectivity index (χ3n) is 11.5. The quantitative estimate of drug-likeness (QED) is 0.158. The number of hydrogen-bond donors (Lipinski definition) is 0. The summed E-state index contributed by atoms with van der Waals surface area (Å²) >= 11 is 0. The van der Waals surface area contributed by atoms with Crippen LogP contribution in [-0.4, -0.2) is 19.9 Å². The lowest BCUT2D eigenvalue weighted by atomic mass is 9.91. The van der Waals surface area contributed by atoms with Crippen LogP contribution in [0.1, 0.15) is 0 Å². The molecule has 12 aromatic rings. The van der Waals surface area contributed by atoms with Gasteiger partial charge in [0.05, 0.1) is 33.4 Å². The van der Waals surface area contributed by atoms with Crippen molar-refractivity contribution in [1.29, 1.82) is 0 Å². The number of aromatic nitrogens is 4. The molecule has 0 unspecified atom stereocenters. The fraction of sp³-hybridized carbons (Fsp3) is 0. The van der Waals surface area contributed by atoms with E-state index >= 15 is 0 Å². The van der Waals surface area contributed by atoms with Gasteiger partial charge in [-0.15, -0.1) is 0 Å². The number of pyridine rings is 4. The van der Waals surface area contributed by atoms with Crippen molar-refractivity contribution in [3.8, 4) is 0 Å². The Bertz CT molecular complexity index is 3170. The van der Waals surface area contributed by atoms with Gasteiger partial charge in [0.2, 0.25) is 0 Å². The predicted molar refractivity (Wildman–Crippen MR) is 241 cm³/mol. The van der Waals surface area contributed by atoms with Crippen molar-refractivity contribution in [1.82, 2.24) is 19.9 Å². The summed E-state index contributed by atoms with van der Waals surface area (Å²) in [7, 11) is 0. The Hall–Kier alpha value is -7.96. The van der Waals surface area contributed by atoms with Gasteiger partial charge in [-0.2, -0.15) is 0 Å².